The van der Waals surface area contributed by atoms with E-state index in [1.165, 1.54) is 17.1 Å². The molecule has 1 fully saturated rings. The lowest BCUT2D eigenvalue weighted by Gasteiger charge is -2.30. The minimum Gasteiger partial charge on any atom is -0.460 e. The Labute approximate surface area is 328 Å². The summed E-state index contributed by atoms with van der Waals surface area (Å²) in [4.78, 5) is 63.6. The van der Waals surface area contributed by atoms with Crippen LogP contribution in [0.3, 0.4) is 0 Å². The van der Waals surface area contributed by atoms with E-state index in [-0.39, 0.29) is 62.3 Å². The number of amides is 3. The second-order valence-electron chi connectivity index (χ2n) is 14.5. The van der Waals surface area contributed by atoms with E-state index in [2.05, 4.69) is 36.0 Å². The van der Waals surface area contributed by atoms with Crippen molar-refractivity contribution in [3.63, 3.8) is 0 Å². The molecule has 5 atom stereocenters. The number of cyclic esters (lactones) is 1. The summed E-state index contributed by atoms with van der Waals surface area (Å²) in [5.74, 6) is -3.03. The van der Waals surface area contributed by atoms with Gasteiger partial charge in [-0.2, -0.15) is 5.10 Å². The third kappa shape index (κ3) is 10.6. The van der Waals surface area contributed by atoms with E-state index in [4.69, 9.17) is 9.15 Å². The van der Waals surface area contributed by atoms with Crippen LogP contribution in [-0.2, 0) is 32.1 Å². The summed E-state index contributed by atoms with van der Waals surface area (Å²) in [6.07, 6.45) is 10.7. The van der Waals surface area contributed by atoms with E-state index in [0.717, 1.165) is 6.26 Å². The number of imidazole rings is 1. The van der Waals surface area contributed by atoms with Crippen molar-refractivity contribution in [1.82, 2.24) is 50.1 Å². The molecule has 3 amide bonds. The maximum atomic E-state index is 14.9. The first-order chi connectivity index (χ1) is 27.4. The summed E-state index contributed by atoms with van der Waals surface area (Å²) < 4.78 is 29.6. The van der Waals surface area contributed by atoms with Gasteiger partial charge in [-0.3, -0.25) is 19.1 Å². The third-order valence-corrected chi connectivity index (χ3v) is 9.67. The topological polar surface area (TPSA) is 212 Å². The highest BCUT2D eigenvalue weighted by Crippen LogP contribution is 2.27. The highest BCUT2D eigenvalue weighted by molar-refractivity contribution is 5.95. The van der Waals surface area contributed by atoms with E-state index in [9.17, 15) is 28.7 Å². The van der Waals surface area contributed by atoms with Gasteiger partial charge < -0.3 is 29.8 Å². The Kier molecular flexibility index (Phi) is 13.3. The van der Waals surface area contributed by atoms with Gasteiger partial charge >= 0.3 is 5.97 Å². The van der Waals surface area contributed by atoms with E-state index in [1.807, 2.05) is 19.9 Å². The molecule has 4 aromatic rings. The predicted octanol–water partition coefficient (Wildman–Crippen LogP) is 2.79. The smallest absolute Gasteiger partial charge is 0.329 e. The van der Waals surface area contributed by atoms with Gasteiger partial charge in [0, 0.05) is 44.6 Å². The van der Waals surface area contributed by atoms with Crippen molar-refractivity contribution in [2.75, 3.05) is 19.6 Å². The fourth-order valence-corrected chi connectivity index (χ4v) is 6.89. The van der Waals surface area contributed by atoms with Crippen LogP contribution in [0.1, 0.15) is 62.8 Å². The number of aliphatic hydroxyl groups is 1. The molecule has 4 aromatic heterocycles. The molecule has 302 valence electrons. The number of alkyl halides is 1. The Bertz CT molecular complexity index is 2140. The Morgan fingerprint density at radius 3 is 2.86 bits per heavy atom. The number of nitrogens with one attached hydrogen (secondary N) is 2. The van der Waals surface area contributed by atoms with Gasteiger partial charge in [0.25, 0.3) is 5.91 Å². The molecule has 2 aliphatic heterocycles. The van der Waals surface area contributed by atoms with Crippen molar-refractivity contribution >= 4 is 29.3 Å². The van der Waals surface area contributed by atoms with Gasteiger partial charge in [-0.1, -0.05) is 48.9 Å². The molecular formula is C39H47FN10O7. The number of carbonyl (C=O) groups is 4. The summed E-state index contributed by atoms with van der Waals surface area (Å²) in [7, 11) is 0. The number of allylic oxidation sites excluding steroid dienone is 2. The number of halogens is 1. The predicted molar refractivity (Wildman–Crippen MR) is 203 cm³/mol. The van der Waals surface area contributed by atoms with Crippen molar-refractivity contribution in [3.8, 4) is 11.4 Å². The highest BCUT2D eigenvalue weighted by Gasteiger charge is 2.39. The van der Waals surface area contributed by atoms with E-state index >= 15 is 0 Å². The van der Waals surface area contributed by atoms with Crippen LogP contribution in [0.25, 0.3) is 17.0 Å². The molecule has 0 aliphatic carbocycles. The van der Waals surface area contributed by atoms with Gasteiger partial charge in [-0.05, 0) is 43.9 Å². The standard InChI is InChI=1S/C39H47FN10O7/c1-24(2)37-26(18-35(53)42-14-16-48-22-29(46-47-48)32-21-43-33-9-5-13-44-50(32)33)10-11-34(52)41-12-4-7-25(3)17-28(51)19-27(40)20-36-45-30(23-56-36)38(54)49-15-6-8-31(49)39(55)57-37/h4-5,7,9-11,13,17,21-24,26-28,31,37,51H,6,8,12,14-16,18-20H2,1-3H3,(H,41,52)(H,42,53)/b7-4?,11-10+,25-17?. The molecule has 5 unspecified atom stereocenters. The molecule has 2 bridgehead atoms. The average Bonchev–Trinajstić information content (AvgIpc) is 4.00. The average molecular weight is 787 g/mol. The molecule has 0 saturated carbocycles. The molecule has 2 aliphatic rings. The largest absolute Gasteiger partial charge is 0.460 e. The summed E-state index contributed by atoms with van der Waals surface area (Å²) in [5, 5.41) is 28.8. The third-order valence-electron chi connectivity index (χ3n) is 9.67. The number of nitrogens with zero attached hydrogens (tertiary/aromatic N) is 8. The lowest BCUT2D eigenvalue weighted by Crippen LogP contribution is -2.44. The molecular weight excluding hydrogens is 739 g/mol. The second kappa shape index (κ2) is 18.7. The van der Waals surface area contributed by atoms with Crippen molar-refractivity contribution in [2.24, 2.45) is 11.8 Å². The van der Waals surface area contributed by atoms with Gasteiger partial charge in [0.15, 0.2) is 17.2 Å². The minimum atomic E-state index is -1.51. The fourth-order valence-electron chi connectivity index (χ4n) is 6.89. The zero-order valence-corrected chi connectivity index (χ0v) is 32.0. The van der Waals surface area contributed by atoms with Crippen LogP contribution in [0, 0.1) is 11.8 Å². The van der Waals surface area contributed by atoms with Crippen LogP contribution in [0.2, 0.25) is 0 Å². The quantitative estimate of drug-likeness (QED) is 0.231. The molecule has 6 rings (SSSR count). The number of carbonyl (C=O) groups excluding carboxylic acids is 4. The first-order valence-corrected chi connectivity index (χ1v) is 19.0. The Morgan fingerprint density at radius 2 is 2.04 bits per heavy atom. The number of rotatable bonds is 7. The van der Waals surface area contributed by atoms with Crippen LogP contribution in [0.5, 0.6) is 0 Å². The SMILES string of the molecule is CC1=CC(O)CC(F)Cc2nc(co2)C(=O)N2CCCC2C(=O)OC(C(C)C)C(CC(=O)NCCn2cc(-c3cnc4cccnn34)nn2)/C=C/C(=O)NCC=C1. The van der Waals surface area contributed by atoms with Gasteiger partial charge in [0.05, 0.1) is 31.5 Å². The fraction of sp³-hybridized carbons (Fsp3) is 0.462. The molecule has 0 spiro atoms. The molecule has 18 heteroatoms. The maximum Gasteiger partial charge on any atom is 0.329 e. The number of hydrogen-bond acceptors (Lipinski definition) is 12. The van der Waals surface area contributed by atoms with Crippen LogP contribution in [-0.4, -0.2) is 112 Å². The Hall–Kier alpha value is -6.04. The van der Waals surface area contributed by atoms with Gasteiger partial charge in [0.2, 0.25) is 11.8 Å². The summed E-state index contributed by atoms with van der Waals surface area (Å²) >= 11 is 0. The number of oxazole rings is 1. The number of aromatic nitrogens is 7. The lowest BCUT2D eigenvalue weighted by molar-refractivity contribution is -0.159. The lowest BCUT2D eigenvalue weighted by atomic mass is 9.89. The Morgan fingerprint density at radius 1 is 1.19 bits per heavy atom. The summed E-state index contributed by atoms with van der Waals surface area (Å²) in [5.41, 5.74) is 2.48. The molecule has 0 aromatic carbocycles. The highest BCUT2D eigenvalue weighted by atomic mass is 19.1. The van der Waals surface area contributed by atoms with Crippen molar-refractivity contribution in [3.05, 3.63) is 84.5 Å². The molecule has 17 nitrogen and oxygen atoms in total. The molecule has 0 radical (unpaired) electrons. The van der Waals surface area contributed by atoms with E-state index in [0.29, 0.717) is 42.0 Å². The van der Waals surface area contributed by atoms with Crippen LogP contribution >= 0.6 is 0 Å². The zero-order valence-electron chi connectivity index (χ0n) is 32.0. The van der Waals surface area contributed by atoms with E-state index in [1.54, 1.807) is 59.0 Å². The monoisotopic (exact) mass is 786 g/mol. The molecule has 57 heavy (non-hydrogen) atoms. The minimum absolute atomic E-state index is 0.00853. The van der Waals surface area contributed by atoms with Crippen LogP contribution in [0.4, 0.5) is 4.39 Å². The molecule has 3 N–H and O–H groups in total. The summed E-state index contributed by atoms with van der Waals surface area (Å²) in [6, 6.07) is 2.68. The number of aliphatic hydroxyl groups excluding tert-OH is 1. The first-order valence-electron chi connectivity index (χ1n) is 19.0. The number of fused-ring (bicyclic) bond motifs is 4. The first kappa shape index (κ1) is 40.6. The maximum absolute atomic E-state index is 14.9. The van der Waals surface area contributed by atoms with Crippen molar-refractivity contribution in [1.29, 1.82) is 0 Å². The van der Waals surface area contributed by atoms with Crippen molar-refractivity contribution in [2.45, 2.75) is 83.8 Å². The Balaban J connectivity index is 1.17. The van der Waals surface area contributed by atoms with E-state index < -0.39 is 48.1 Å². The van der Waals surface area contributed by atoms with Gasteiger partial charge in [-0.15, -0.1) is 5.10 Å². The zero-order chi connectivity index (χ0) is 40.5. The van der Waals surface area contributed by atoms with Crippen LogP contribution < -0.4 is 10.6 Å². The molecule has 6 heterocycles. The number of esters is 1. The normalized spacial score (nSPS) is 23.5. The van der Waals surface area contributed by atoms with Gasteiger partial charge in [-0.25, -0.2) is 23.7 Å². The van der Waals surface area contributed by atoms with Gasteiger partial charge in [0.1, 0.15) is 36.0 Å². The second-order valence-corrected chi connectivity index (χ2v) is 14.5. The summed E-state index contributed by atoms with van der Waals surface area (Å²) in [6.45, 7) is 6.36. The van der Waals surface area contributed by atoms with Crippen molar-refractivity contribution < 1.29 is 37.8 Å². The number of hydrogen-bond donors (Lipinski definition) is 3. The number of ether oxygens (including phenoxy) is 1. The van der Waals surface area contributed by atoms with Crippen LogP contribution in [0.15, 0.2) is 77.4 Å². The molecule has 1 saturated heterocycles.